The molecule has 2 aromatic heterocycles. The van der Waals surface area contributed by atoms with Gasteiger partial charge in [0.05, 0.1) is 11.4 Å². The molecule has 2 heterocycles. The Balaban J connectivity index is 1.82. The van der Waals surface area contributed by atoms with Gasteiger partial charge in [-0.2, -0.15) is 4.98 Å². The van der Waals surface area contributed by atoms with Gasteiger partial charge in [-0.15, -0.1) is 17.9 Å². The summed E-state index contributed by atoms with van der Waals surface area (Å²) in [5.74, 6) is 0.343. The molecule has 0 aromatic carbocycles. The Morgan fingerprint density at radius 2 is 2.43 bits per heavy atom. The number of hydrogen-bond donors (Lipinski definition) is 1. The van der Waals surface area contributed by atoms with E-state index in [-0.39, 0.29) is 6.54 Å². The van der Waals surface area contributed by atoms with Crippen molar-refractivity contribution in [1.29, 1.82) is 0 Å². The molecule has 112 valence electrons. The lowest BCUT2D eigenvalue weighted by Gasteiger charge is -2.17. The van der Waals surface area contributed by atoms with E-state index in [0.717, 1.165) is 11.3 Å². The Hall–Kier alpha value is -1.99. The number of nitrogens with zero attached hydrogens (tertiary/aromatic N) is 3. The van der Waals surface area contributed by atoms with Crippen LogP contribution >= 0.6 is 11.3 Å². The second-order valence-electron chi connectivity index (χ2n) is 4.51. The third-order valence-electron chi connectivity index (χ3n) is 2.82. The lowest BCUT2D eigenvalue weighted by atomic mass is 10.3. The van der Waals surface area contributed by atoms with E-state index in [4.69, 9.17) is 9.63 Å². The van der Waals surface area contributed by atoms with Gasteiger partial charge in [-0.1, -0.05) is 17.3 Å². The zero-order chi connectivity index (χ0) is 15.1. The first kappa shape index (κ1) is 15.4. The molecule has 0 atom stereocenters. The number of carboxylic acid groups (broad SMARTS) is 1. The van der Waals surface area contributed by atoms with Crippen LogP contribution < -0.4 is 0 Å². The molecule has 0 fully saturated rings. The van der Waals surface area contributed by atoms with Crippen molar-refractivity contribution < 1.29 is 14.4 Å². The smallest absolute Gasteiger partial charge is 0.317 e. The van der Waals surface area contributed by atoms with Crippen molar-refractivity contribution in [3.05, 3.63) is 36.1 Å². The molecule has 0 spiro atoms. The van der Waals surface area contributed by atoms with Gasteiger partial charge in [0.1, 0.15) is 0 Å². The van der Waals surface area contributed by atoms with E-state index in [0.29, 0.717) is 31.2 Å². The number of rotatable bonds is 9. The van der Waals surface area contributed by atoms with E-state index < -0.39 is 5.97 Å². The van der Waals surface area contributed by atoms with Gasteiger partial charge in [0, 0.05) is 13.0 Å². The summed E-state index contributed by atoms with van der Waals surface area (Å²) in [5.41, 5.74) is 0. The Morgan fingerprint density at radius 1 is 1.57 bits per heavy atom. The minimum atomic E-state index is -0.838. The molecular formula is C14H17N3O3S. The summed E-state index contributed by atoms with van der Waals surface area (Å²) in [5, 5.41) is 14.7. The van der Waals surface area contributed by atoms with Crippen molar-refractivity contribution in [3.63, 3.8) is 0 Å². The minimum absolute atomic E-state index is 0.0102. The molecule has 0 aliphatic heterocycles. The van der Waals surface area contributed by atoms with Crippen molar-refractivity contribution in [2.75, 3.05) is 19.6 Å². The lowest BCUT2D eigenvalue weighted by molar-refractivity contribution is -0.138. The van der Waals surface area contributed by atoms with E-state index in [2.05, 4.69) is 16.7 Å². The van der Waals surface area contributed by atoms with Gasteiger partial charge in [-0.25, -0.2) is 0 Å². The molecule has 0 saturated heterocycles. The van der Waals surface area contributed by atoms with Gasteiger partial charge < -0.3 is 9.63 Å². The van der Waals surface area contributed by atoms with E-state index >= 15 is 0 Å². The van der Waals surface area contributed by atoms with Crippen LogP contribution in [0, 0.1) is 0 Å². The molecule has 0 amide bonds. The topological polar surface area (TPSA) is 79.5 Å². The number of hydrogen-bond acceptors (Lipinski definition) is 6. The molecule has 0 radical (unpaired) electrons. The average molecular weight is 307 g/mol. The molecule has 0 saturated carbocycles. The summed E-state index contributed by atoms with van der Waals surface area (Å²) >= 11 is 1.56. The number of aromatic nitrogens is 2. The standard InChI is InChI=1S/C14H17N3O3S/c1-2-7-17(10-13(18)19)8-3-6-12-15-14(16-20-12)11-5-4-9-21-11/h2,4-5,9H,1,3,6-8,10H2,(H,18,19). The van der Waals surface area contributed by atoms with E-state index in [9.17, 15) is 4.79 Å². The summed E-state index contributed by atoms with van der Waals surface area (Å²) in [7, 11) is 0. The number of carboxylic acids is 1. The Bertz CT molecular complexity index is 580. The first-order valence-corrected chi connectivity index (χ1v) is 7.48. The van der Waals surface area contributed by atoms with Gasteiger partial charge in [-0.05, 0) is 24.4 Å². The zero-order valence-electron chi connectivity index (χ0n) is 11.6. The molecule has 2 rings (SSSR count). The third kappa shape index (κ3) is 4.80. The van der Waals surface area contributed by atoms with Crippen LogP contribution in [0.25, 0.3) is 10.7 Å². The first-order chi connectivity index (χ1) is 10.2. The number of aryl methyl sites for hydroxylation is 1. The largest absolute Gasteiger partial charge is 0.480 e. The van der Waals surface area contributed by atoms with E-state index in [1.54, 1.807) is 17.4 Å². The summed E-state index contributed by atoms with van der Waals surface area (Å²) in [6.07, 6.45) is 3.09. The normalized spacial score (nSPS) is 10.9. The van der Waals surface area contributed by atoms with Gasteiger partial charge in [0.25, 0.3) is 0 Å². The zero-order valence-corrected chi connectivity index (χ0v) is 12.4. The number of aliphatic carboxylic acids is 1. The van der Waals surface area contributed by atoms with Crippen LogP contribution in [-0.4, -0.2) is 45.8 Å². The molecule has 0 aliphatic rings. The lowest BCUT2D eigenvalue weighted by Crippen LogP contribution is -2.31. The molecule has 7 heteroatoms. The van der Waals surface area contributed by atoms with Crippen LogP contribution in [-0.2, 0) is 11.2 Å². The fraction of sp³-hybridized carbons (Fsp3) is 0.357. The highest BCUT2D eigenvalue weighted by molar-refractivity contribution is 7.13. The van der Waals surface area contributed by atoms with Gasteiger partial charge in [0.15, 0.2) is 0 Å². The molecule has 0 unspecified atom stereocenters. The molecule has 0 aliphatic carbocycles. The summed E-state index contributed by atoms with van der Waals surface area (Å²) in [6.45, 7) is 4.84. The highest BCUT2D eigenvalue weighted by Gasteiger charge is 2.11. The summed E-state index contributed by atoms with van der Waals surface area (Å²) in [4.78, 5) is 17.9. The third-order valence-corrected chi connectivity index (χ3v) is 3.69. The molecule has 6 nitrogen and oxygen atoms in total. The van der Waals surface area contributed by atoms with Gasteiger partial charge in [0.2, 0.25) is 11.7 Å². The summed E-state index contributed by atoms with van der Waals surface area (Å²) < 4.78 is 5.20. The quantitative estimate of drug-likeness (QED) is 0.716. The Kier molecular flexibility index (Phi) is 5.65. The van der Waals surface area contributed by atoms with Crippen LogP contribution in [0.5, 0.6) is 0 Å². The van der Waals surface area contributed by atoms with Gasteiger partial charge >= 0.3 is 5.97 Å². The number of thiophene rings is 1. The predicted octanol–water partition coefficient (Wildman–Crippen LogP) is 2.30. The minimum Gasteiger partial charge on any atom is -0.480 e. The monoisotopic (exact) mass is 307 g/mol. The van der Waals surface area contributed by atoms with Crippen molar-refractivity contribution in [2.24, 2.45) is 0 Å². The predicted molar refractivity (Wildman–Crippen MR) is 80.2 cm³/mol. The maximum atomic E-state index is 10.7. The first-order valence-electron chi connectivity index (χ1n) is 6.60. The van der Waals surface area contributed by atoms with Crippen LogP contribution in [0.4, 0.5) is 0 Å². The van der Waals surface area contributed by atoms with Crippen LogP contribution in [0.1, 0.15) is 12.3 Å². The van der Waals surface area contributed by atoms with E-state index in [1.165, 1.54) is 0 Å². The Morgan fingerprint density at radius 3 is 3.10 bits per heavy atom. The fourth-order valence-corrected chi connectivity index (χ4v) is 2.57. The molecule has 21 heavy (non-hydrogen) atoms. The molecular weight excluding hydrogens is 290 g/mol. The van der Waals surface area contributed by atoms with Crippen molar-refractivity contribution >= 4 is 17.3 Å². The Labute approximate surface area is 126 Å². The van der Waals surface area contributed by atoms with E-state index in [1.807, 2.05) is 22.4 Å². The highest BCUT2D eigenvalue weighted by Crippen LogP contribution is 2.21. The van der Waals surface area contributed by atoms with Crippen molar-refractivity contribution in [1.82, 2.24) is 15.0 Å². The SMILES string of the molecule is C=CCN(CCCc1nc(-c2cccs2)no1)CC(=O)O. The maximum absolute atomic E-state index is 10.7. The van der Waals surface area contributed by atoms with Crippen LogP contribution in [0.15, 0.2) is 34.7 Å². The molecule has 1 N–H and O–H groups in total. The van der Waals surface area contributed by atoms with Crippen molar-refractivity contribution in [3.8, 4) is 10.7 Å². The van der Waals surface area contributed by atoms with Crippen molar-refractivity contribution in [2.45, 2.75) is 12.8 Å². The average Bonchev–Trinajstić information content (AvgIpc) is 3.08. The molecule has 2 aromatic rings. The number of carbonyl (C=O) groups is 1. The van der Waals surface area contributed by atoms with Crippen LogP contribution in [0.3, 0.4) is 0 Å². The highest BCUT2D eigenvalue weighted by atomic mass is 32.1. The maximum Gasteiger partial charge on any atom is 0.317 e. The van der Waals surface area contributed by atoms with Crippen LogP contribution in [0.2, 0.25) is 0 Å². The summed E-state index contributed by atoms with van der Waals surface area (Å²) in [6, 6.07) is 3.88. The fourth-order valence-electron chi connectivity index (χ4n) is 1.92. The second-order valence-corrected chi connectivity index (χ2v) is 5.46. The van der Waals surface area contributed by atoms with Gasteiger partial charge in [-0.3, -0.25) is 9.69 Å². The second kappa shape index (κ2) is 7.70. The molecule has 0 bridgehead atoms.